The molecule has 0 aromatic rings. The molecule has 7 heteroatoms. The summed E-state index contributed by atoms with van der Waals surface area (Å²) < 4.78 is 8.19. The number of halogens is 3. The van der Waals surface area contributed by atoms with Gasteiger partial charge in [0.15, 0.2) is 0 Å². The van der Waals surface area contributed by atoms with Crippen LogP contribution in [0.25, 0.3) is 0 Å². The van der Waals surface area contributed by atoms with Crippen molar-refractivity contribution in [3.63, 3.8) is 0 Å². The van der Waals surface area contributed by atoms with Crippen LogP contribution in [0.5, 0.6) is 0 Å². The molecule has 0 aromatic heterocycles. The molecule has 0 fully saturated rings. The van der Waals surface area contributed by atoms with Crippen molar-refractivity contribution in [3.05, 3.63) is 0 Å². The molecular formula is C8H23Cl3O3V. The summed E-state index contributed by atoms with van der Waals surface area (Å²) in [5.74, 6) is 0. The molecule has 0 aliphatic carbocycles. The third-order valence-corrected chi connectivity index (χ3v) is 1.18. The Morgan fingerprint density at radius 2 is 0.933 bits per heavy atom. The second-order valence-corrected chi connectivity index (χ2v) is 2.51. The molecular weight excluding hydrogens is 301 g/mol. The molecule has 0 saturated heterocycles. The van der Waals surface area contributed by atoms with Crippen molar-refractivity contribution in [2.45, 2.75) is 52.7 Å². The Bertz CT molecular complexity index is 70.2. The van der Waals surface area contributed by atoms with Crippen molar-refractivity contribution in [1.29, 1.82) is 0 Å². The predicted molar refractivity (Wildman–Crippen MR) is 66.4 cm³/mol. The predicted octanol–water partition coefficient (Wildman–Crippen LogP) is 2.70. The average Bonchev–Trinajstić information content (AvgIpc) is 2.09. The molecule has 0 spiro atoms. The van der Waals surface area contributed by atoms with Crippen molar-refractivity contribution in [2.75, 3.05) is 0 Å². The average molecular weight is 325 g/mol. The first-order valence-corrected chi connectivity index (χ1v) is 4.65. The van der Waals surface area contributed by atoms with Gasteiger partial charge in [-0.1, -0.05) is 13.8 Å². The monoisotopic (exact) mass is 323 g/mol. The standard InChI is InChI=1S/2C4H10O.3ClH.O.V/c2*1-3-4(2)5;;;;;/h2*4-5H,3H2,1-2H3;3*1H;;. The molecule has 2 N–H and O–H groups in total. The van der Waals surface area contributed by atoms with Gasteiger partial charge in [0.1, 0.15) is 0 Å². The second kappa shape index (κ2) is 36.2. The van der Waals surface area contributed by atoms with Crippen LogP contribution in [-0.4, -0.2) is 22.4 Å². The normalized spacial score (nSPS) is 10.2. The van der Waals surface area contributed by atoms with Crippen molar-refractivity contribution >= 4 is 37.2 Å². The first-order valence-electron chi connectivity index (χ1n) is 4.08. The minimum absolute atomic E-state index is 0. The van der Waals surface area contributed by atoms with Crippen LogP contribution >= 0.6 is 37.2 Å². The Kier molecular flexibility index (Phi) is 86.9. The molecule has 3 nitrogen and oxygen atoms in total. The number of aliphatic hydroxyl groups is 2. The summed E-state index contributed by atoms with van der Waals surface area (Å²) in [7, 11) is 0. The van der Waals surface area contributed by atoms with Crippen LogP contribution in [0.3, 0.4) is 0 Å². The number of rotatable bonds is 2. The van der Waals surface area contributed by atoms with Crippen molar-refractivity contribution in [2.24, 2.45) is 0 Å². The zero-order valence-corrected chi connectivity index (χ0v) is 13.4. The van der Waals surface area contributed by atoms with Crippen LogP contribution < -0.4 is 0 Å². The van der Waals surface area contributed by atoms with Crippen LogP contribution in [-0.2, 0) is 21.0 Å². The van der Waals surface area contributed by atoms with E-state index in [1.807, 2.05) is 13.8 Å². The first kappa shape index (κ1) is 36.0. The van der Waals surface area contributed by atoms with Gasteiger partial charge in [0.2, 0.25) is 0 Å². The second-order valence-electron chi connectivity index (χ2n) is 2.51. The molecule has 0 aromatic carbocycles. The Labute approximate surface area is 121 Å². The van der Waals surface area contributed by atoms with E-state index in [4.69, 9.17) is 13.9 Å². The van der Waals surface area contributed by atoms with E-state index in [0.29, 0.717) is 0 Å². The quantitative estimate of drug-likeness (QED) is 0.821. The molecule has 0 aliphatic heterocycles. The molecule has 2 unspecified atom stereocenters. The molecule has 0 amide bonds. The topological polar surface area (TPSA) is 57.5 Å². The summed E-state index contributed by atoms with van der Waals surface area (Å²) in [6.07, 6.45) is 1.49. The summed E-state index contributed by atoms with van der Waals surface area (Å²) in [6, 6.07) is 0. The fraction of sp³-hybridized carbons (Fsp3) is 1.00. The van der Waals surface area contributed by atoms with Gasteiger partial charge in [0.25, 0.3) is 0 Å². The third kappa shape index (κ3) is 98.4. The summed E-state index contributed by atoms with van der Waals surface area (Å²) in [6.45, 7) is 7.45. The third-order valence-electron chi connectivity index (χ3n) is 1.18. The Hall–Kier alpha value is 1.17. The number of aliphatic hydroxyl groups excluding tert-OH is 2. The molecule has 0 rings (SSSR count). The van der Waals surface area contributed by atoms with Crippen LogP contribution in [0.4, 0.5) is 0 Å². The maximum absolute atomic E-state index is 8.36. The van der Waals surface area contributed by atoms with E-state index in [0.717, 1.165) is 30.2 Å². The van der Waals surface area contributed by atoms with Crippen LogP contribution in [0, 0.1) is 0 Å². The first-order chi connectivity index (χ1) is 5.54. The summed E-state index contributed by atoms with van der Waals surface area (Å²) in [5, 5.41) is 16.7. The van der Waals surface area contributed by atoms with E-state index in [2.05, 4.69) is 0 Å². The van der Waals surface area contributed by atoms with Crippen LogP contribution in [0.1, 0.15) is 40.5 Å². The van der Waals surface area contributed by atoms with Crippen molar-refractivity contribution in [3.8, 4) is 0 Å². The fourth-order valence-electron chi connectivity index (χ4n) is 0. The molecule has 0 bridgehead atoms. The zero-order chi connectivity index (χ0) is 10.6. The summed E-state index contributed by atoms with van der Waals surface area (Å²) in [4.78, 5) is 0. The van der Waals surface area contributed by atoms with E-state index in [1.54, 1.807) is 13.8 Å². The molecule has 0 saturated carbocycles. The van der Waals surface area contributed by atoms with E-state index >= 15 is 0 Å². The Balaban J connectivity index is -0.0000000197. The van der Waals surface area contributed by atoms with Crippen LogP contribution in [0.15, 0.2) is 0 Å². The van der Waals surface area contributed by atoms with Gasteiger partial charge >= 0.3 is 21.0 Å². The molecule has 15 heavy (non-hydrogen) atoms. The molecule has 99 valence electrons. The summed E-state index contributed by atoms with van der Waals surface area (Å²) in [5.41, 5.74) is 0. The van der Waals surface area contributed by atoms with Gasteiger partial charge in [-0.25, -0.2) is 0 Å². The van der Waals surface area contributed by atoms with E-state index in [1.165, 1.54) is 0 Å². The van der Waals surface area contributed by atoms with Gasteiger partial charge in [-0.2, -0.15) is 0 Å². The Morgan fingerprint density at radius 1 is 0.867 bits per heavy atom. The van der Waals surface area contributed by atoms with Gasteiger partial charge < -0.3 is 10.2 Å². The van der Waals surface area contributed by atoms with Gasteiger partial charge in [-0.3, -0.25) is 0 Å². The molecule has 0 aliphatic rings. The molecule has 2 atom stereocenters. The van der Waals surface area contributed by atoms with E-state index in [-0.39, 0.29) is 49.4 Å². The minimum atomic E-state index is -0.116. The SMILES string of the molecule is CCC(C)O.CCC(C)O.Cl.Cl.Cl.[O]=[V]. The van der Waals surface area contributed by atoms with Gasteiger partial charge in [0.05, 0.1) is 12.2 Å². The fourth-order valence-corrected chi connectivity index (χ4v) is 0. The van der Waals surface area contributed by atoms with Gasteiger partial charge in [-0.15, -0.1) is 37.2 Å². The van der Waals surface area contributed by atoms with E-state index in [9.17, 15) is 0 Å². The number of hydrogen-bond acceptors (Lipinski definition) is 3. The zero-order valence-electron chi connectivity index (χ0n) is 9.54. The van der Waals surface area contributed by atoms with Gasteiger partial charge in [-0.05, 0) is 26.7 Å². The van der Waals surface area contributed by atoms with Gasteiger partial charge in [0, 0.05) is 0 Å². The van der Waals surface area contributed by atoms with E-state index < -0.39 is 0 Å². The van der Waals surface area contributed by atoms with Crippen LogP contribution in [0.2, 0.25) is 0 Å². The number of hydrogen-bond donors (Lipinski definition) is 2. The van der Waals surface area contributed by atoms with Crippen molar-refractivity contribution in [1.82, 2.24) is 0 Å². The summed E-state index contributed by atoms with van der Waals surface area (Å²) >= 11 is 1.06. The molecule has 0 radical (unpaired) electrons. The Morgan fingerprint density at radius 3 is 0.933 bits per heavy atom. The van der Waals surface area contributed by atoms with Crippen molar-refractivity contribution < 1.29 is 31.3 Å². The molecule has 0 heterocycles. The maximum atomic E-state index is 8.36.